The molecule has 4 heteroatoms. The monoisotopic (exact) mass is 281 g/mol. The third-order valence-electron chi connectivity index (χ3n) is 3.37. The van der Waals surface area contributed by atoms with Crippen molar-refractivity contribution in [2.75, 3.05) is 13.2 Å². The van der Waals surface area contributed by atoms with Crippen LogP contribution in [0.2, 0.25) is 0 Å². The molecule has 1 N–H and O–H groups in total. The summed E-state index contributed by atoms with van der Waals surface area (Å²) in [4.78, 5) is 0. The molecular formula is C16H31N3O. The number of ether oxygens (including phenoxy) is 1. The van der Waals surface area contributed by atoms with Crippen molar-refractivity contribution in [2.45, 2.75) is 73.0 Å². The second-order valence-electron chi connectivity index (χ2n) is 6.10. The van der Waals surface area contributed by atoms with Gasteiger partial charge >= 0.3 is 0 Å². The Hall–Kier alpha value is -0.870. The predicted octanol–water partition coefficient (Wildman–Crippen LogP) is 2.93. The van der Waals surface area contributed by atoms with Crippen LogP contribution in [0.1, 0.15) is 58.5 Å². The Morgan fingerprint density at radius 3 is 2.35 bits per heavy atom. The minimum absolute atomic E-state index is 0.128. The van der Waals surface area contributed by atoms with Crippen molar-refractivity contribution in [2.24, 2.45) is 0 Å². The largest absolute Gasteiger partial charge is 0.380 e. The van der Waals surface area contributed by atoms with Crippen LogP contribution in [0.25, 0.3) is 0 Å². The smallest absolute Gasteiger partial charge is 0.0669 e. The maximum Gasteiger partial charge on any atom is 0.0669 e. The van der Waals surface area contributed by atoms with Crippen molar-refractivity contribution in [1.82, 2.24) is 15.1 Å². The first-order chi connectivity index (χ1) is 9.42. The zero-order valence-electron chi connectivity index (χ0n) is 14.0. The van der Waals surface area contributed by atoms with Crippen molar-refractivity contribution < 1.29 is 4.74 Å². The number of aryl methyl sites for hydroxylation is 1. The van der Waals surface area contributed by atoms with Gasteiger partial charge in [-0.25, -0.2) is 0 Å². The fourth-order valence-electron chi connectivity index (χ4n) is 2.31. The summed E-state index contributed by atoms with van der Waals surface area (Å²) in [6, 6.07) is 0. The van der Waals surface area contributed by atoms with Crippen LogP contribution >= 0.6 is 0 Å². The lowest BCUT2D eigenvalue weighted by Gasteiger charge is -2.21. The molecular weight excluding hydrogens is 250 g/mol. The van der Waals surface area contributed by atoms with Crippen LogP contribution in [0.4, 0.5) is 0 Å². The van der Waals surface area contributed by atoms with Crippen molar-refractivity contribution in [3.63, 3.8) is 0 Å². The van der Waals surface area contributed by atoms with E-state index in [2.05, 4.69) is 44.6 Å². The molecule has 0 saturated carbocycles. The van der Waals surface area contributed by atoms with E-state index >= 15 is 0 Å². The second kappa shape index (κ2) is 7.79. The third kappa shape index (κ3) is 4.91. The molecule has 0 atom stereocenters. The molecule has 1 aromatic heterocycles. The zero-order chi connectivity index (χ0) is 15.2. The Labute approximate surface area is 123 Å². The van der Waals surface area contributed by atoms with E-state index in [1.54, 1.807) is 0 Å². The SMILES string of the molecule is CCOCCn1nc(CC)c(CNC(C)(C)C)c1CC. The van der Waals surface area contributed by atoms with E-state index < -0.39 is 0 Å². The number of rotatable bonds is 8. The van der Waals surface area contributed by atoms with E-state index in [0.717, 1.165) is 39.1 Å². The summed E-state index contributed by atoms with van der Waals surface area (Å²) < 4.78 is 7.59. The van der Waals surface area contributed by atoms with Crippen LogP contribution in [-0.4, -0.2) is 28.5 Å². The lowest BCUT2D eigenvalue weighted by molar-refractivity contribution is 0.135. The van der Waals surface area contributed by atoms with Gasteiger partial charge in [0, 0.05) is 29.9 Å². The molecule has 1 aromatic rings. The maximum atomic E-state index is 5.46. The Bertz CT molecular complexity index is 405. The van der Waals surface area contributed by atoms with Crippen LogP contribution in [-0.2, 0) is 30.7 Å². The molecule has 0 bridgehead atoms. The average molecular weight is 281 g/mol. The molecule has 4 nitrogen and oxygen atoms in total. The summed E-state index contributed by atoms with van der Waals surface area (Å²) in [6.45, 7) is 16.2. The van der Waals surface area contributed by atoms with Gasteiger partial charge in [-0.05, 0) is 40.5 Å². The standard InChI is InChI=1S/C16H31N3O/c1-7-14-13(12-17-16(4,5)6)15(8-2)19(18-14)10-11-20-9-3/h17H,7-12H2,1-6H3. The number of nitrogens with one attached hydrogen (secondary N) is 1. The van der Waals surface area contributed by atoms with E-state index in [1.807, 2.05) is 6.92 Å². The van der Waals surface area contributed by atoms with Gasteiger partial charge in [0.1, 0.15) is 0 Å². The fraction of sp³-hybridized carbons (Fsp3) is 0.812. The molecule has 0 aliphatic carbocycles. The van der Waals surface area contributed by atoms with E-state index in [9.17, 15) is 0 Å². The molecule has 0 aliphatic rings. The van der Waals surface area contributed by atoms with E-state index in [0.29, 0.717) is 0 Å². The van der Waals surface area contributed by atoms with Crippen molar-refractivity contribution in [1.29, 1.82) is 0 Å². The number of hydrogen-bond donors (Lipinski definition) is 1. The van der Waals surface area contributed by atoms with Gasteiger partial charge in [0.05, 0.1) is 18.8 Å². The highest BCUT2D eigenvalue weighted by Crippen LogP contribution is 2.17. The van der Waals surface area contributed by atoms with Crippen molar-refractivity contribution in [3.05, 3.63) is 17.0 Å². The van der Waals surface area contributed by atoms with Crippen molar-refractivity contribution in [3.8, 4) is 0 Å². The van der Waals surface area contributed by atoms with Gasteiger partial charge in [0.2, 0.25) is 0 Å². The highest BCUT2D eigenvalue weighted by molar-refractivity contribution is 5.27. The highest BCUT2D eigenvalue weighted by atomic mass is 16.5. The molecule has 20 heavy (non-hydrogen) atoms. The Kier molecular flexibility index (Phi) is 6.69. The molecule has 0 fully saturated rings. The predicted molar refractivity (Wildman–Crippen MR) is 84.1 cm³/mol. The maximum absolute atomic E-state index is 5.46. The van der Waals surface area contributed by atoms with Gasteiger partial charge < -0.3 is 10.1 Å². The number of aromatic nitrogens is 2. The highest BCUT2D eigenvalue weighted by Gasteiger charge is 2.17. The average Bonchev–Trinajstić information content (AvgIpc) is 2.73. The fourth-order valence-corrected chi connectivity index (χ4v) is 2.31. The van der Waals surface area contributed by atoms with Crippen LogP contribution in [0, 0.1) is 0 Å². The minimum atomic E-state index is 0.128. The number of nitrogens with zero attached hydrogens (tertiary/aromatic N) is 2. The molecule has 0 unspecified atom stereocenters. The number of hydrogen-bond acceptors (Lipinski definition) is 3. The Balaban J connectivity index is 2.89. The van der Waals surface area contributed by atoms with Gasteiger partial charge in [0.15, 0.2) is 0 Å². The zero-order valence-corrected chi connectivity index (χ0v) is 14.0. The lowest BCUT2D eigenvalue weighted by Crippen LogP contribution is -2.35. The molecule has 0 amide bonds. The second-order valence-corrected chi connectivity index (χ2v) is 6.10. The van der Waals surface area contributed by atoms with E-state index in [1.165, 1.54) is 17.0 Å². The first kappa shape index (κ1) is 17.2. The molecule has 0 radical (unpaired) electrons. The topological polar surface area (TPSA) is 39.1 Å². The lowest BCUT2D eigenvalue weighted by atomic mass is 10.1. The molecule has 1 heterocycles. The summed E-state index contributed by atoms with van der Waals surface area (Å²) in [6.07, 6.45) is 2.00. The van der Waals surface area contributed by atoms with Gasteiger partial charge in [-0.3, -0.25) is 4.68 Å². The van der Waals surface area contributed by atoms with Crippen LogP contribution in [0.3, 0.4) is 0 Å². The normalized spacial score (nSPS) is 12.1. The Morgan fingerprint density at radius 1 is 1.15 bits per heavy atom. The van der Waals surface area contributed by atoms with Gasteiger partial charge in [-0.1, -0.05) is 13.8 Å². The molecule has 0 aliphatic heterocycles. The minimum Gasteiger partial charge on any atom is -0.380 e. The third-order valence-corrected chi connectivity index (χ3v) is 3.37. The summed E-state index contributed by atoms with van der Waals surface area (Å²) in [5, 5.41) is 8.35. The van der Waals surface area contributed by atoms with E-state index in [4.69, 9.17) is 9.84 Å². The van der Waals surface area contributed by atoms with Gasteiger partial charge in [-0.15, -0.1) is 0 Å². The molecule has 0 spiro atoms. The molecule has 1 rings (SSSR count). The van der Waals surface area contributed by atoms with Crippen LogP contribution < -0.4 is 5.32 Å². The van der Waals surface area contributed by atoms with Crippen LogP contribution in [0.15, 0.2) is 0 Å². The summed E-state index contributed by atoms with van der Waals surface area (Å²) in [5.41, 5.74) is 4.07. The summed E-state index contributed by atoms with van der Waals surface area (Å²) in [5.74, 6) is 0. The van der Waals surface area contributed by atoms with E-state index in [-0.39, 0.29) is 5.54 Å². The summed E-state index contributed by atoms with van der Waals surface area (Å²) >= 11 is 0. The molecule has 116 valence electrons. The van der Waals surface area contributed by atoms with Gasteiger partial charge in [0.25, 0.3) is 0 Å². The summed E-state index contributed by atoms with van der Waals surface area (Å²) in [7, 11) is 0. The first-order valence-electron chi connectivity index (χ1n) is 7.83. The molecule has 0 aromatic carbocycles. The quantitative estimate of drug-likeness (QED) is 0.745. The van der Waals surface area contributed by atoms with Gasteiger partial charge in [-0.2, -0.15) is 5.10 Å². The van der Waals surface area contributed by atoms with Crippen molar-refractivity contribution >= 4 is 0 Å². The van der Waals surface area contributed by atoms with Crippen LogP contribution in [0.5, 0.6) is 0 Å². The molecule has 0 saturated heterocycles. The first-order valence-corrected chi connectivity index (χ1v) is 7.83. The Morgan fingerprint density at radius 2 is 1.85 bits per heavy atom.